The largest absolute Gasteiger partial charge is 0.490 e. The third kappa shape index (κ3) is 5.25. The molecule has 0 spiro atoms. The van der Waals surface area contributed by atoms with Gasteiger partial charge in [-0.15, -0.1) is 0 Å². The Labute approximate surface area is 167 Å². The molecule has 152 valence electrons. The first-order valence-electron chi connectivity index (χ1n) is 9.29. The van der Waals surface area contributed by atoms with Crippen LogP contribution in [0.5, 0.6) is 11.5 Å². The van der Waals surface area contributed by atoms with Crippen LogP contribution >= 0.6 is 0 Å². The number of amides is 1. The molecule has 0 saturated heterocycles. The van der Waals surface area contributed by atoms with E-state index in [-0.39, 0.29) is 6.42 Å². The highest BCUT2D eigenvalue weighted by Crippen LogP contribution is 2.30. The van der Waals surface area contributed by atoms with Gasteiger partial charge in [-0.2, -0.15) is 0 Å². The molecule has 0 unspecified atom stereocenters. The van der Waals surface area contributed by atoms with Gasteiger partial charge >= 0.3 is 5.97 Å². The topological polar surface area (TPSA) is 99.9 Å². The van der Waals surface area contributed by atoms with E-state index in [2.05, 4.69) is 10.5 Å². The Bertz CT molecular complexity index is 998. The minimum absolute atomic E-state index is 0.0815. The number of hydrogen-bond acceptors (Lipinski definition) is 7. The van der Waals surface area contributed by atoms with Crippen molar-refractivity contribution in [3.63, 3.8) is 0 Å². The van der Waals surface area contributed by atoms with Crippen molar-refractivity contribution < 1.29 is 28.3 Å². The Morgan fingerprint density at radius 2 is 1.79 bits per heavy atom. The van der Waals surface area contributed by atoms with E-state index in [4.69, 9.17) is 18.7 Å². The first-order chi connectivity index (χ1) is 14.1. The lowest BCUT2D eigenvalue weighted by atomic mass is 10.2. The molecule has 29 heavy (non-hydrogen) atoms. The molecule has 0 radical (unpaired) electrons. The van der Waals surface area contributed by atoms with E-state index in [0.29, 0.717) is 41.7 Å². The Kier molecular flexibility index (Phi) is 6.67. The van der Waals surface area contributed by atoms with Gasteiger partial charge in [-0.25, -0.2) is 0 Å². The van der Waals surface area contributed by atoms with Crippen molar-refractivity contribution in [3.05, 3.63) is 48.2 Å². The molecule has 8 nitrogen and oxygen atoms in total. The van der Waals surface area contributed by atoms with Crippen LogP contribution in [0.2, 0.25) is 0 Å². The number of carbonyl (C=O) groups is 2. The Morgan fingerprint density at radius 1 is 1.03 bits per heavy atom. The smallest absolute Gasteiger partial charge is 0.312 e. The lowest BCUT2D eigenvalue weighted by molar-refractivity contribution is -0.146. The molecule has 1 heterocycles. The molecule has 8 heteroatoms. The summed E-state index contributed by atoms with van der Waals surface area (Å²) in [7, 11) is 0. The third-order valence-corrected chi connectivity index (χ3v) is 3.96. The van der Waals surface area contributed by atoms with E-state index in [1.165, 1.54) is 0 Å². The van der Waals surface area contributed by atoms with Crippen LogP contribution in [0.15, 0.2) is 47.0 Å². The monoisotopic (exact) mass is 398 g/mol. The summed E-state index contributed by atoms with van der Waals surface area (Å²) in [6.45, 7) is 4.29. The van der Waals surface area contributed by atoms with E-state index >= 15 is 0 Å². The summed E-state index contributed by atoms with van der Waals surface area (Å²) < 4.78 is 21.2. The van der Waals surface area contributed by atoms with Crippen molar-refractivity contribution in [2.24, 2.45) is 0 Å². The molecule has 0 fully saturated rings. The van der Waals surface area contributed by atoms with E-state index in [0.717, 1.165) is 5.39 Å². The summed E-state index contributed by atoms with van der Waals surface area (Å²) in [5.41, 5.74) is 1.58. The number of fused-ring (bicyclic) bond motifs is 1. The van der Waals surface area contributed by atoms with Crippen molar-refractivity contribution in [3.8, 4) is 11.5 Å². The second kappa shape index (κ2) is 9.59. The van der Waals surface area contributed by atoms with Crippen molar-refractivity contribution in [1.29, 1.82) is 0 Å². The quantitative estimate of drug-likeness (QED) is 0.552. The molecule has 3 rings (SSSR count). The van der Waals surface area contributed by atoms with Gasteiger partial charge in [0.15, 0.2) is 23.7 Å². The van der Waals surface area contributed by atoms with Crippen LogP contribution in [0.4, 0.5) is 5.69 Å². The summed E-state index contributed by atoms with van der Waals surface area (Å²) in [5.74, 6) is 0.0940. The zero-order valence-electron chi connectivity index (χ0n) is 16.3. The summed E-state index contributed by atoms with van der Waals surface area (Å²) in [5, 5.41) is 7.29. The fourth-order valence-corrected chi connectivity index (χ4v) is 2.73. The fraction of sp³-hybridized carbons (Fsp3) is 0.286. The summed E-state index contributed by atoms with van der Waals surface area (Å²) in [4.78, 5) is 24.2. The second-order valence-electron chi connectivity index (χ2n) is 6.04. The van der Waals surface area contributed by atoms with Gasteiger partial charge in [0.1, 0.15) is 5.69 Å². The van der Waals surface area contributed by atoms with Gasteiger partial charge in [0.25, 0.3) is 5.91 Å². The standard InChI is InChI=1S/C21H22N2O6/c1-3-26-18-10-9-14(11-19(18)27-4-2)22-20(24)13-28-21(25)12-16-15-7-5-6-8-17(15)29-23-16/h5-11H,3-4,12-13H2,1-2H3,(H,22,24). The Morgan fingerprint density at radius 3 is 2.59 bits per heavy atom. The van der Waals surface area contributed by atoms with Crippen LogP contribution in [0.1, 0.15) is 19.5 Å². The highest BCUT2D eigenvalue weighted by Gasteiger charge is 2.15. The minimum Gasteiger partial charge on any atom is -0.490 e. The molecule has 0 aliphatic heterocycles. The molecule has 1 aromatic heterocycles. The van der Waals surface area contributed by atoms with Gasteiger partial charge in [0.05, 0.1) is 19.6 Å². The predicted molar refractivity (Wildman–Crippen MR) is 106 cm³/mol. The maximum Gasteiger partial charge on any atom is 0.312 e. The lowest BCUT2D eigenvalue weighted by Gasteiger charge is -2.13. The number of nitrogens with zero attached hydrogens (tertiary/aromatic N) is 1. The number of hydrogen-bond donors (Lipinski definition) is 1. The van der Waals surface area contributed by atoms with Crippen LogP contribution in [0, 0.1) is 0 Å². The lowest BCUT2D eigenvalue weighted by Crippen LogP contribution is -2.21. The van der Waals surface area contributed by atoms with Gasteiger partial charge in [0, 0.05) is 17.1 Å². The molecule has 0 aliphatic carbocycles. The van der Waals surface area contributed by atoms with Crippen LogP contribution in [0.3, 0.4) is 0 Å². The van der Waals surface area contributed by atoms with Gasteiger partial charge in [-0.05, 0) is 38.1 Å². The van der Waals surface area contributed by atoms with E-state index in [1.807, 2.05) is 32.0 Å². The van der Waals surface area contributed by atoms with Crippen LogP contribution in [-0.2, 0) is 20.7 Å². The van der Waals surface area contributed by atoms with Crippen LogP contribution < -0.4 is 14.8 Å². The first-order valence-corrected chi connectivity index (χ1v) is 9.29. The molecule has 0 aliphatic rings. The molecule has 3 aromatic rings. The van der Waals surface area contributed by atoms with Crippen molar-refractivity contribution >= 4 is 28.5 Å². The molecular weight excluding hydrogens is 376 g/mol. The SMILES string of the molecule is CCOc1ccc(NC(=O)COC(=O)Cc2noc3ccccc23)cc1OCC. The van der Waals surface area contributed by atoms with Gasteiger partial charge < -0.3 is 24.1 Å². The maximum atomic E-state index is 12.1. The highest BCUT2D eigenvalue weighted by molar-refractivity contribution is 5.93. The zero-order chi connectivity index (χ0) is 20.6. The Balaban J connectivity index is 1.54. The Hall–Kier alpha value is -3.55. The average Bonchev–Trinajstić information content (AvgIpc) is 3.12. The van der Waals surface area contributed by atoms with E-state index in [9.17, 15) is 9.59 Å². The third-order valence-electron chi connectivity index (χ3n) is 3.96. The second-order valence-corrected chi connectivity index (χ2v) is 6.04. The van der Waals surface area contributed by atoms with Gasteiger partial charge in [0.2, 0.25) is 0 Å². The molecule has 0 saturated carbocycles. The van der Waals surface area contributed by atoms with Gasteiger partial charge in [-0.1, -0.05) is 17.3 Å². The highest BCUT2D eigenvalue weighted by atomic mass is 16.5. The van der Waals surface area contributed by atoms with Crippen molar-refractivity contribution in [2.75, 3.05) is 25.1 Å². The molecule has 0 bridgehead atoms. The zero-order valence-corrected chi connectivity index (χ0v) is 16.3. The van der Waals surface area contributed by atoms with Crippen LogP contribution in [-0.4, -0.2) is 36.9 Å². The maximum absolute atomic E-state index is 12.1. The number of para-hydroxylation sites is 1. The summed E-state index contributed by atoms with van der Waals surface area (Å²) in [6, 6.07) is 12.3. The summed E-state index contributed by atoms with van der Waals surface area (Å²) in [6.07, 6.45) is -0.0815. The molecule has 2 aromatic carbocycles. The summed E-state index contributed by atoms with van der Waals surface area (Å²) >= 11 is 0. The van der Waals surface area contributed by atoms with Crippen LogP contribution in [0.25, 0.3) is 11.0 Å². The van der Waals surface area contributed by atoms with E-state index in [1.54, 1.807) is 24.3 Å². The number of anilines is 1. The normalized spacial score (nSPS) is 10.6. The molecule has 1 amide bonds. The fourth-order valence-electron chi connectivity index (χ4n) is 2.73. The van der Waals surface area contributed by atoms with Gasteiger partial charge in [-0.3, -0.25) is 9.59 Å². The number of benzene rings is 2. The minimum atomic E-state index is -0.569. The number of ether oxygens (including phenoxy) is 3. The van der Waals surface area contributed by atoms with Crippen molar-refractivity contribution in [1.82, 2.24) is 5.16 Å². The number of esters is 1. The van der Waals surface area contributed by atoms with Crippen molar-refractivity contribution in [2.45, 2.75) is 20.3 Å². The molecular formula is C21H22N2O6. The number of nitrogens with one attached hydrogen (secondary N) is 1. The number of carbonyl (C=O) groups excluding carboxylic acids is 2. The predicted octanol–water partition coefficient (Wildman–Crippen LogP) is 3.35. The van der Waals surface area contributed by atoms with E-state index < -0.39 is 18.5 Å². The molecule has 0 atom stereocenters. The number of rotatable bonds is 9. The first kappa shape index (κ1) is 20.2. The molecule has 1 N–H and O–H groups in total. The average molecular weight is 398 g/mol. The number of aromatic nitrogens is 1.